The van der Waals surface area contributed by atoms with E-state index in [1.54, 1.807) is 18.3 Å². The maximum atomic E-state index is 11.5. The first-order valence-electron chi connectivity index (χ1n) is 5.90. The van der Waals surface area contributed by atoms with E-state index < -0.39 is 0 Å². The van der Waals surface area contributed by atoms with Gasteiger partial charge in [0.15, 0.2) is 0 Å². The van der Waals surface area contributed by atoms with Crippen LogP contribution in [0.2, 0.25) is 0 Å². The van der Waals surface area contributed by atoms with E-state index in [9.17, 15) is 4.79 Å². The molecule has 0 spiro atoms. The van der Waals surface area contributed by atoms with Crippen molar-refractivity contribution >= 4 is 11.6 Å². The van der Waals surface area contributed by atoms with E-state index in [1.807, 2.05) is 40.9 Å². The highest BCUT2D eigenvalue weighted by Crippen LogP contribution is 2.21. The van der Waals surface area contributed by atoms with Gasteiger partial charge >= 0.3 is 5.97 Å². The van der Waals surface area contributed by atoms with Crippen molar-refractivity contribution in [2.24, 2.45) is 0 Å². The normalized spacial score (nSPS) is 10.6. The van der Waals surface area contributed by atoms with Crippen LogP contribution in [0, 0.1) is 0 Å². The van der Waals surface area contributed by atoms with Gasteiger partial charge in [0.05, 0.1) is 24.6 Å². The van der Waals surface area contributed by atoms with Gasteiger partial charge in [-0.15, -0.1) is 0 Å². The summed E-state index contributed by atoms with van der Waals surface area (Å²) in [5.41, 5.74) is 3.30. The first-order valence-corrected chi connectivity index (χ1v) is 5.90. The van der Waals surface area contributed by atoms with E-state index in [1.165, 1.54) is 7.11 Å². The molecule has 0 aliphatic heterocycles. The molecule has 0 radical (unpaired) electrons. The Hall–Kier alpha value is -2.62. The van der Waals surface area contributed by atoms with E-state index in [0.29, 0.717) is 5.56 Å². The third-order valence-electron chi connectivity index (χ3n) is 3.00. The topological polar surface area (TPSA) is 43.6 Å². The molecule has 0 saturated heterocycles. The number of hydrogen-bond donors (Lipinski definition) is 0. The number of nitrogens with zero attached hydrogens (tertiary/aromatic N) is 2. The summed E-state index contributed by atoms with van der Waals surface area (Å²) in [6, 6.07) is 13.4. The average Bonchev–Trinajstić information content (AvgIpc) is 2.90. The third kappa shape index (κ3) is 1.97. The van der Waals surface area contributed by atoms with Gasteiger partial charge in [-0.1, -0.05) is 30.3 Å². The molecule has 1 aromatic carbocycles. The zero-order chi connectivity index (χ0) is 13.2. The van der Waals surface area contributed by atoms with Crippen LogP contribution in [-0.4, -0.2) is 22.5 Å². The predicted octanol–water partition coefficient (Wildman–Crippen LogP) is 2.79. The molecule has 0 N–H and O–H groups in total. The molecule has 3 aromatic rings. The predicted molar refractivity (Wildman–Crippen MR) is 72.0 cm³/mol. The first kappa shape index (κ1) is 11.5. The van der Waals surface area contributed by atoms with Crippen molar-refractivity contribution in [3.8, 4) is 11.3 Å². The summed E-state index contributed by atoms with van der Waals surface area (Å²) in [5.74, 6) is -0.355. The summed E-state index contributed by atoms with van der Waals surface area (Å²) in [5, 5.41) is 0. The lowest BCUT2D eigenvalue weighted by Crippen LogP contribution is -2.02. The molecule has 0 aliphatic rings. The summed E-state index contributed by atoms with van der Waals surface area (Å²) in [4.78, 5) is 15.8. The molecule has 19 heavy (non-hydrogen) atoms. The first-order chi connectivity index (χ1) is 9.29. The minimum atomic E-state index is -0.355. The summed E-state index contributed by atoms with van der Waals surface area (Å²) in [6.45, 7) is 0. The molecule has 0 fully saturated rings. The Morgan fingerprint density at radius 2 is 2.00 bits per heavy atom. The number of fused-ring (bicyclic) bond motifs is 1. The molecule has 0 unspecified atom stereocenters. The maximum absolute atomic E-state index is 11.5. The minimum absolute atomic E-state index is 0.355. The molecule has 0 atom stereocenters. The Labute approximate surface area is 110 Å². The lowest BCUT2D eigenvalue weighted by Gasteiger charge is -2.03. The number of methoxy groups -OCH3 is 1. The second kappa shape index (κ2) is 4.57. The van der Waals surface area contributed by atoms with Crippen LogP contribution < -0.4 is 0 Å². The molecule has 2 heterocycles. The highest BCUT2D eigenvalue weighted by molar-refractivity contribution is 5.90. The number of rotatable bonds is 2. The van der Waals surface area contributed by atoms with Crippen molar-refractivity contribution in [3.05, 3.63) is 60.4 Å². The molecule has 3 rings (SSSR count). The summed E-state index contributed by atoms with van der Waals surface area (Å²) in [7, 11) is 1.37. The number of hydrogen-bond acceptors (Lipinski definition) is 3. The number of carbonyl (C=O) groups is 1. The highest BCUT2D eigenvalue weighted by Gasteiger charge is 2.09. The highest BCUT2D eigenvalue weighted by atomic mass is 16.5. The van der Waals surface area contributed by atoms with E-state index in [-0.39, 0.29) is 5.97 Å². The second-order valence-electron chi connectivity index (χ2n) is 4.14. The summed E-state index contributed by atoms with van der Waals surface area (Å²) in [6.07, 6.45) is 3.63. The third-order valence-corrected chi connectivity index (χ3v) is 3.00. The average molecular weight is 252 g/mol. The molecule has 94 valence electrons. The fourth-order valence-corrected chi connectivity index (χ4v) is 2.05. The monoisotopic (exact) mass is 252 g/mol. The van der Waals surface area contributed by atoms with Crippen molar-refractivity contribution < 1.29 is 9.53 Å². The van der Waals surface area contributed by atoms with Gasteiger partial charge < -0.3 is 4.74 Å². The van der Waals surface area contributed by atoms with E-state index in [2.05, 4.69) is 4.98 Å². The van der Waals surface area contributed by atoms with Crippen LogP contribution in [0.5, 0.6) is 0 Å². The molecule has 0 aliphatic carbocycles. The largest absolute Gasteiger partial charge is 0.465 e. The molecule has 4 nitrogen and oxygen atoms in total. The van der Waals surface area contributed by atoms with Gasteiger partial charge in [-0.25, -0.2) is 9.78 Å². The van der Waals surface area contributed by atoms with E-state index >= 15 is 0 Å². The van der Waals surface area contributed by atoms with Gasteiger partial charge in [0, 0.05) is 11.8 Å². The fourth-order valence-electron chi connectivity index (χ4n) is 2.05. The number of pyridine rings is 1. The quantitative estimate of drug-likeness (QED) is 0.659. The Bertz CT molecular complexity index is 732. The van der Waals surface area contributed by atoms with Gasteiger partial charge in [-0.3, -0.25) is 4.40 Å². The van der Waals surface area contributed by atoms with Crippen molar-refractivity contribution in [1.29, 1.82) is 0 Å². The van der Waals surface area contributed by atoms with Crippen molar-refractivity contribution in [2.45, 2.75) is 0 Å². The zero-order valence-electron chi connectivity index (χ0n) is 10.4. The van der Waals surface area contributed by atoms with Gasteiger partial charge in [0.2, 0.25) is 0 Å². The molecule has 0 amide bonds. The van der Waals surface area contributed by atoms with Crippen LogP contribution >= 0.6 is 0 Å². The summed E-state index contributed by atoms with van der Waals surface area (Å²) < 4.78 is 6.65. The molecule has 2 aromatic heterocycles. The van der Waals surface area contributed by atoms with Crippen LogP contribution in [0.25, 0.3) is 16.9 Å². The van der Waals surface area contributed by atoms with Crippen LogP contribution in [0.1, 0.15) is 10.4 Å². The van der Waals surface area contributed by atoms with Gasteiger partial charge in [0.25, 0.3) is 0 Å². The number of benzene rings is 1. The lowest BCUT2D eigenvalue weighted by atomic mass is 10.2. The number of imidazole rings is 1. The molecular formula is C15H12N2O2. The maximum Gasteiger partial charge on any atom is 0.338 e. The Morgan fingerprint density at radius 1 is 1.21 bits per heavy atom. The van der Waals surface area contributed by atoms with Crippen LogP contribution in [0.3, 0.4) is 0 Å². The Kier molecular flexibility index (Phi) is 2.76. The standard InChI is InChI=1S/C15H12N2O2/c1-19-15(18)12-7-8-17-13(10-16-14(17)9-12)11-5-3-2-4-6-11/h2-10H,1H3. The zero-order valence-corrected chi connectivity index (χ0v) is 10.4. The van der Waals surface area contributed by atoms with Gasteiger partial charge in [0.1, 0.15) is 5.65 Å². The smallest absolute Gasteiger partial charge is 0.338 e. The second-order valence-corrected chi connectivity index (χ2v) is 4.14. The Morgan fingerprint density at radius 3 is 2.74 bits per heavy atom. The van der Waals surface area contributed by atoms with Crippen LogP contribution in [0.4, 0.5) is 0 Å². The molecule has 0 saturated carbocycles. The number of aromatic nitrogens is 2. The molecule has 4 heteroatoms. The van der Waals surface area contributed by atoms with Crippen LogP contribution in [0.15, 0.2) is 54.9 Å². The SMILES string of the molecule is COC(=O)c1ccn2c(-c3ccccc3)cnc2c1. The number of esters is 1. The minimum Gasteiger partial charge on any atom is -0.465 e. The van der Waals surface area contributed by atoms with E-state index in [4.69, 9.17) is 4.74 Å². The van der Waals surface area contributed by atoms with E-state index in [0.717, 1.165) is 16.9 Å². The van der Waals surface area contributed by atoms with Gasteiger partial charge in [-0.05, 0) is 12.1 Å². The molecule has 0 bridgehead atoms. The van der Waals surface area contributed by atoms with Crippen LogP contribution in [-0.2, 0) is 4.74 Å². The number of ether oxygens (including phenoxy) is 1. The van der Waals surface area contributed by atoms with Crippen molar-refractivity contribution in [3.63, 3.8) is 0 Å². The Balaban J connectivity index is 2.13. The number of carbonyl (C=O) groups excluding carboxylic acids is 1. The fraction of sp³-hybridized carbons (Fsp3) is 0.0667. The van der Waals surface area contributed by atoms with Crippen molar-refractivity contribution in [2.75, 3.05) is 7.11 Å². The van der Waals surface area contributed by atoms with Gasteiger partial charge in [-0.2, -0.15) is 0 Å². The van der Waals surface area contributed by atoms with Crippen molar-refractivity contribution in [1.82, 2.24) is 9.38 Å². The molecular weight excluding hydrogens is 240 g/mol. The lowest BCUT2D eigenvalue weighted by molar-refractivity contribution is 0.0600. The summed E-state index contributed by atoms with van der Waals surface area (Å²) >= 11 is 0.